The van der Waals surface area contributed by atoms with E-state index in [2.05, 4.69) is 79.9 Å². The Hall–Kier alpha value is -2.51. The van der Waals surface area contributed by atoms with E-state index in [9.17, 15) is 61.0 Å². The third-order valence-electron chi connectivity index (χ3n) is 18.4. The Morgan fingerprint density at radius 1 is 0.398 bits per heavy atom. The Balaban J connectivity index is 1.39. The van der Waals surface area contributed by atoms with Crippen molar-refractivity contribution in [1.29, 1.82) is 0 Å². The summed E-state index contributed by atoms with van der Waals surface area (Å²) in [4.78, 5) is 13.5. The highest BCUT2D eigenvalue weighted by molar-refractivity contribution is 5.76. The zero-order valence-electron chi connectivity index (χ0n) is 57.5. The number of hydrogen-bond acceptors (Lipinski definition) is 18. The number of carbonyl (C=O) groups excluding carboxylic acids is 1. The van der Waals surface area contributed by atoms with E-state index in [1.807, 2.05) is 0 Å². The molecular weight excluding hydrogens is 1190 g/mol. The van der Waals surface area contributed by atoms with Crippen molar-refractivity contribution in [2.75, 3.05) is 26.4 Å². The van der Waals surface area contributed by atoms with Gasteiger partial charge in [-0.1, -0.05) is 267 Å². The Kier molecular flexibility index (Phi) is 50.4. The topological polar surface area (TPSA) is 307 Å². The van der Waals surface area contributed by atoms with Gasteiger partial charge in [0.1, 0.15) is 73.2 Å². The highest BCUT2D eigenvalue weighted by Crippen LogP contribution is 2.33. The van der Waals surface area contributed by atoms with Gasteiger partial charge in [0, 0.05) is 6.42 Å². The third kappa shape index (κ3) is 36.8. The Bertz CT molecular complexity index is 1920. The molecule has 17 unspecified atom stereocenters. The highest BCUT2D eigenvalue weighted by atomic mass is 16.8. The predicted molar refractivity (Wildman–Crippen MR) is 365 cm³/mol. The summed E-state index contributed by atoms with van der Waals surface area (Å²) in [6.07, 6.45) is 41.5. The number of aliphatic hydroxyl groups is 11. The van der Waals surface area contributed by atoms with Crippen LogP contribution in [0.5, 0.6) is 0 Å². The molecule has 3 heterocycles. The van der Waals surface area contributed by atoms with Crippen LogP contribution in [0.2, 0.25) is 0 Å². The van der Waals surface area contributed by atoms with Gasteiger partial charge < -0.3 is 89.9 Å². The molecule has 0 aliphatic carbocycles. The van der Waals surface area contributed by atoms with Crippen LogP contribution < -0.4 is 5.32 Å². The molecule has 0 aromatic rings. The van der Waals surface area contributed by atoms with Gasteiger partial charge in [-0.2, -0.15) is 0 Å². The van der Waals surface area contributed by atoms with Crippen molar-refractivity contribution in [3.63, 3.8) is 0 Å². The molecule has 0 aromatic heterocycles. The summed E-state index contributed by atoms with van der Waals surface area (Å²) in [5, 5.41) is 121. The van der Waals surface area contributed by atoms with Gasteiger partial charge in [0.15, 0.2) is 18.9 Å². The number of aliphatic hydroxyl groups excluding tert-OH is 11. The molecule has 17 atom stereocenters. The molecule has 0 bridgehead atoms. The molecule has 0 aromatic carbocycles. The van der Waals surface area contributed by atoms with Crippen molar-refractivity contribution >= 4 is 5.91 Å². The molecule has 93 heavy (non-hydrogen) atoms. The summed E-state index contributed by atoms with van der Waals surface area (Å²) in [5.41, 5.74) is 0. The van der Waals surface area contributed by atoms with Crippen LogP contribution in [0.4, 0.5) is 0 Å². The number of amides is 1. The van der Waals surface area contributed by atoms with Crippen LogP contribution >= 0.6 is 0 Å². The van der Waals surface area contributed by atoms with Crippen LogP contribution in [-0.4, -0.2) is 193 Å². The van der Waals surface area contributed by atoms with Gasteiger partial charge in [-0.25, -0.2) is 0 Å². The van der Waals surface area contributed by atoms with Crippen LogP contribution in [0.3, 0.4) is 0 Å². The minimum Gasteiger partial charge on any atom is -0.394 e. The van der Waals surface area contributed by atoms with Crippen molar-refractivity contribution in [3.05, 3.63) is 60.8 Å². The Morgan fingerprint density at radius 3 is 1.16 bits per heavy atom. The molecule has 542 valence electrons. The summed E-state index contributed by atoms with van der Waals surface area (Å²) < 4.78 is 34.5. The molecule has 3 aliphatic rings. The number of rotatable bonds is 57. The van der Waals surface area contributed by atoms with Crippen LogP contribution in [0.1, 0.15) is 271 Å². The fourth-order valence-corrected chi connectivity index (χ4v) is 12.4. The number of ether oxygens (including phenoxy) is 6. The van der Waals surface area contributed by atoms with E-state index in [0.29, 0.717) is 12.8 Å². The van der Waals surface area contributed by atoms with Gasteiger partial charge in [0.2, 0.25) is 5.91 Å². The number of carbonyl (C=O) groups is 1. The van der Waals surface area contributed by atoms with Crippen molar-refractivity contribution < 1.29 is 89.4 Å². The minimum absolute atomic E-state index is 0.243. The molecule has 19 nitrogen and oxygen atoms in total. The second-order valence-corrected chi connectivity index (χ2v) is 26.4. The van der Waals surface area contributed by atoms with Gasteiger partial charge in [-0.15, -0.1) is 0 Å². The molecule has 0 saturated carbocycles. The van der Waals surface area contributed by atoms with Crippen molar-refractivity contribution in [1.82, 2.24) is 5.32 Å². The summed E-state index contributed by atoms with van der Waals surface area (Å²) in [6.45, 7) is 1.71. The minimum atomic E-state index is -1.97. The van der Waals surface area contributed by atoms with Gasteiger partial charge in [-0.3, -0.25) is 4.79 Å². The first kappa shape index (κ1) is 84.7. The van der Waals surface area contributed by atoms with E-state index < -0.39 is 124 Å². The first-order chi connectivity index (χ1) is 45.3. The summed E-state index contributed by atoms with van der Waals surface area (Å²) >= 11 is 0. The van der Waals surface area contributed by atoms with E-state index in [1.165, 1.54) is 154 Å². The normalized spacial score (nSPS) is 27.9. The standard InChI is InChI=1S/C74H133NO18/c1-3-5-7-9-11-13-15-17-19-21-23-24-25-26-27-28-29-30-31-32-34-36-38-40-42-44-46-48-50-52-62(80)75-57(58(79)51-49-47-45-43-41-39-37-35-33-22-20-18-16-14-12-10-8-6-4-2)56-88-72-68(86)65(83)70(60(54-77)90-72)93-74-69(87)66(84)71(61(55-78)91-74)92-73-67(85)64(82)63(81)59(53-76)89-73/h5,7,11,13,17,19,23-24,26-27,57-61,63-74,76-79,81-87H,3-4,6,8-10,12,14-16,18,20-22,25,28-56H2,1-2H3,(H,75,80)/b7-5-,13-11-,19-17-,24-23-,27-26-. The van der Waals surface area contributed by atoms with Crippen molar-refractivity contribution in [3.8, 4) is 0 Å². The fraction of sp³-hybridized carbons (Fsp3) is 0.851. The molecule has 3 rings (SSSR count). The van der Waals surface area contributed by atoms with Crippen LogP contribution in [0.15, 0.2) is 60.8 Å². The zero-order valence-corrected chi connectivity index (χ0v) is 57.5. The molecule has 0 radical (unpaired) electrons. The lowest BCUT2D eigenvalue weighted by atomic mass is 9.96. The molecular formula is C74H133NO18. The predicted octanol–water partition coefficient (Wildman–Crippen LogP) is 10.7. The van der Waals surface area contributed by atoms with Gasteiger partial charge in [0.05, 0.1) is 38.6 Å². The fourth-order valence-electron chi connectivity index (χ4n) is 12.4. The second-order valence-electron chi connectivity index (χ2n) is 26.4. The van der Waals surface area contributed by atoms with Gasteiger partial charge in [0.25, 0.3) is 0 Å². The molecule has 0 spiro atoms. The second kappa shape index (κ2) is 55.4. The van der Waals surface area contributed by atoms with Crippen LogP contribution in [-0.2, 0) is 33.2 Å². The average molecular weight is 1320 g/mol. The molecule has 3 saturated heterocycles. The van der Waals surface area contributed by atoms with Crippen molar-refractivity contribution in [2.24, 2.45) is 0 Å². The third-order valence-corrected chi connectivity index (χ3v) is 18.4. The van der Waals surface area contributed by atoms with E-state index in [1.54, 1.807) is 0 Å². The molecule has 3 aliphatic heterocycles. The van der Waals surface area contributed by atoms with Crippen molar-refractivity contribution in [2.45, 2.75) is 375 Å². The van der Waals surface area contributed by atoms with E-state index in [-0.39, 0.29) is 18.9 Å². The van der Waals surface area contributed by atoms with Crippen LogP contribution in [0.25, 0.3) is 0 Å². The maximum absolute atomic E-state index is 13.5. The molecule has 19 heteroatoms. The maximum atomic E-state index is 13.5. The molecule has 12 N–H and O–H groups in total. The lowest BCUT2D eigenvalue weighted by Gasteiger charge is -2.48. The lowest BCUT2D eigenvalue weighted by molar-refractivity contribution is -0.379. The maximum Gasteiger partial charge on any atom is 0.220 e. The zero-order chi connectivity index (χ0) is 67.5. The lowest BCUT2D eigenvalue weighted by Crippen LogP contribution is -2.66. The number of hydrogen-bond donors (Lipinski definition) is 12. The summed E-state index contributed by atoms with van der Waals surface area (Å²) in [5.74, 6) is -0.243. The molecule has 1 amide bonds. The Morgan fingerprint density at radius 2 is 0.742 bits per heavy atom. The van der Waals surface area contributed by atoms with Gasteiger partial charge >= 0.3 is 0 Å². The SMILES string of the molecule is CC/C=C\C/C=C\C/C=C\C/C=C\C/C=C\CCCCCCCCCCCCCCCC(=O)NC(COC1OC(CO)C(OC2OC(CO)C(OC3OC(CO)C(O)C(O)C3O)C(O)C2O)C(O)C1O)C(O)CCCCCCCCCCCCCCCCCCCCC. The highest BCUT2D eigenvalue weighted by Gasteiger charge is 2.53. The first-order valence-electron chi connectivity index (χ1n) is 37.0. The van der Waals surface area contributed by atoms with E-state index >= 15 is 0 Å². The average Bonchev–Trinajstić information content (AvgIpc) is 1.00. The smallest absolute Gasteiger partial charge is 0.220 e. The first-order valence-corrected chi connectivity index (χ1v) is 37.0. The van der Waals surface area contributed by atoms with Crippen LogP contribution in [0, 0.1) is 0 Å². The quantitative estimate of drug-likeness (QED) is 0.0199. The summed E-state index contributed by atoms with van der Waals surface area (Å²) in [6, 6.07) is -0.891. The largest absolute Gasteiger partial charge is 0.394 e. The number of unbranched alkanes of at least 4 members (excludes halogenated alkanes) is 31. The van der Waals surface area contributed by atoms with E-state index in [4.69, 9.17) is 28.4 Å². The molecule has 3 fully saturated rings. The summed E-state index contributed by atoms with van der Waals surface area (Å²) in [7, 11) is 0. The van der Waals surface area contributed by atoms with Gasteiger partial charge in [-0.05, 0) is 57.8 Å². The number of nitrogens with one attached hydrogen (secondary N) is 1. The van der Waals surface area contributed by atoms with E-state index in [0.717, 1.165) is 83.5 Å². The number of allylic oxidation sites excluding steroid dienone is 10. The Labute approximate surface area is 560 Å². The monoisotopic (exact) mass is 1320 g/mol.